The van der Waals surface area contributed by atoms with Gasteiger partial charge in [-0.1, -0.05) is 24.8 Å². The molecule has 5 nitrogen and oxygen atoms in total. The summed E-state index contributed by atoms with van der Waals surface area (Å²) in [4.78, 5) is 25.6. The normalized spacial score (nSPS) is 18.2. The second-order valence-corrected chi connectivity index (χ2v) is 6.28. The molecule has 1 saturated heterocycles. The van der Waals surface area contributed by atoms with Crippen molar-refractivity contribution in [1.82, 2.24) is 4.90 Å². The van der Waals surface area contributed by atoms with Crippen molar-refractivity contribution in [2.45, 2.75) is 32.5 Å². The Balaban J connectivity index is 1.96. The summed E-state index contributed by atoms with van der Waals surface area (Å²) in [7, 11) is 0. The van der Waals surface area contributed by atoms with Gasteiger partial charge in [0.05, 0.1) is 12.1 Å². The fraction of sp³-hybridized carbons (Fsp3) is 0.412. The van der Waals surface area contributed by atoms with E-state index < -0.39 is 23.8 Å². The summed E-state index contributed by atoms with van der Waals surface area (Å²) in [5.74, 6) is -0.419. The molecule has 0 spiro atoms. The molecule has 0 bridgehead atoms. The van der Waals surface area contributed by atoms with Crippen LogP contribution < -0.4 is 0 Å². The van der Waals surface area contributed by atoms with Crippen LogP contribution in [0.5, 0.6) is 0 Å². The van der Waals surface area contributed by atoms with Gasteiger partial charge in [0, 0.05) is 6.54 Å². The van der Waals surface area contributed by atoms with Crippen LogP contribution in [-0.4, -0.2) is 41.8 Å². The number of likely N-dealkylation sites (tertiary alicyclic amines) is 1. The van der Waals surface area contributed by atoms with Crippen molar-refractivity contribution in [3.8, 4) is 0 Å². The van der Waals surface area contributed by atoms with Crippen molar-refractivity contribution in [2.75, 3.05) is 13.1 Å². The fourth-order valence-electron chi connectivity index (χ4n) is 2.10. The number of hydrogen-bond donors (Lipinski definition) is 0. The number of rotatable bonds is 2. The number of carbonyl (C=O) groups excluding carboxylic acids is 2. The Morgan fingerprint density at radius 1 is 1.23 bits per heavy atom. The van der Waals surface area contributed by atoms with Crippen LogP contribution in [0.4, 0.5) is 4.79 Å². The highest BCUT2D eigenvalue weighted by molar-refractivity contribution is 5.89. The fourth-order valence-corrected chi connectivity index (χ4v) is 2.10. The zero-order valence-corrected chi connectivity index (χ0v) is 13.2. The highest BCUT2D eigenvalue weighted by Crippen LogP contribution is 2.21. The van der Waals surface area contributed by atoms with E-state index in [2.05, 4.69) is 6.58 Å². The summed E-state index contributed by atoms with van der Waals surface area (Å²) in [5.41, 5.74) is 0.609. The number of carbonyl (C=O) groups is 2. The quantitative estimate of drug-likeness (QED) is 0.622. The van der Waals surface area contributed by atoms with E-state index in [0.717, 1.165) is 0 Å². The summed E-state index contributed by atoms with van der Waals surface area (Å²) in [6, 6.07) is 8.74. The maximum Gasteiger partial charge on any atom is 0.410 e. The summed E-state index contributed by atoms with van der Waals surface area (Å²) in [5, 5.41) is 0. The van der Waals surface area contributed by atoms with Gasteiger partial charge < -0.3 is 14.4 Å². The first-order valence-corrected chi connectivity index (χ1v) is 7.18. The monoisotopic (exact) mass is 303 g/mol. The van der Waals surface area contributed by atoms with Crippen LogP contribution in [0.15, 0.2) is 42.5 Å². The van der Waals surface area contributed by atoms with E-state index in [1.54, 1.807) is 24.3 Å². The van der Waals surface area contributed by atoms with Crippen LogP contribution in [0, 0.1) is 0 Å². The molecule has 0 aromatic heterocycles. The SMILES string of the molecule is C=C1CN(C(=O)OC(C)(C)C)CC1OC(=O)c1ccccc1. The summed E-state index contributed by atoms with van der Waals surface area (Å²) in [6.45, 7) is 9.91. The van der Waals surface area contributed by atoms with Crippen LogP contribution in [0.3, 0.4) is 0 Å². The number of esters is 1. The predicted octanol–water partition coefficient (Wildman–Crippen LogP) is 3.02. The Labute approximate surface area is 130 Å². The molecule has 1 aliphatic rings. The predicted molar refractivity (Wildman–Crippen MR) is 82.6 cm³/mol. The third-order valence-corrected chi connectivity index (χ3v) is 3.15. The molecule has 1 amide bonds. The molecule has 0 radical (unpaired) electrons. The van der Waals surface area contributed by atoms with E-state index >= 15 is 0 Å². The maximum absolute atomic E-state index is 12.1. The third-order valence-electron chi connectivity index (χ3n) is 3.15. The molecule has 1 aromatic carbocycles. The lowest BCUT2D eigenvalue weighted by Crippen LogP contribution is -2.36. The molecule has 1 fully saturated rings. The number of benzene rings is 1. The van der Waals surface area contributed by atoms with Crippen molar-refractivity contribution in [3.63, 3.8) is 0 Å². The van der Waals surface area contributed by atoms with Gasteiger partial charge >= 0.3 is 12.1 Å². The van der Waals surface area contributed by atoms with E-state index in [1.165, 1.54) is 4.90 Å². The minimum Gasteiger partial charge on any atom is -0.452 e. The summed E-state index contributed by atoms with van der Waals surface area (Å²) < 4.78 is 10.7. The molecule has 1 unspecified atom stereocenters. The maximum atomic E-state index is 12.1. The van der Waals surface area contributed by atoms with Gasteiger partial charge in [0.15, 0.2) is 0 Å². The zero-order chi connectivity index (χ0) is 16.3. The highest BCUT2D eigenvalue weighted by atomic mass is 16.6. The van der Waals surface area contributed by atoms with Crippen molar-refractivity contribution in [1.29, 1.82) is 0 Å². The van der Waals surface area contributed by atoms with Gasteiger partial charge in [-0.2, -0.15) is 0 Å². The zero-order valence-electron chi connectivity index (χ0n) is 13.2. The van der Waals surface area contributed by atoms with Crippen LogP contribution in [0.2, 0.25) is 0 Å². The van der Waals surface area contributed by atoms with E-state index in [1.807, 2.05) is 26.8 Å². The molecule has 0 aliphatic carbocycles. The molecule has 1 aliphatic heterocycles. The van der Waals surface area contributed by atoms with Gasteiger partial charge in [0.25, 0.3) is 0 Å². The Bertz CT molecular complexity index is 574. The minimum atomic E-state index is -0.558. The van der Waals surface area contributed by atoms with Crippen molar-refractivity contribution in [3.05, 3.63) is 48.0 Å². The minimum absolute atomic E-state index is 0.270. The smallest absolute Gasteiger partial charge is 0.410 e. The number of ether oxygens (including phenoxy) is 2. The molecule has 118 valence electrons. The summed E-state index contributed by atoms with van der Waals surface area (Å²) >= 11 is 0. The Morgan fingerprint density at radius 2 is 1.86 bits per heavy atom. The molecular weight excluding hydrogens is 282 g/mol. The lowest BCUT2D eigenvalue weighted by molar-refractivity contribution is 0.0202. The van der Waals surface area contributed by atoms with Gasteiger partial charge in [0.2, 0.25) is 0 Å². The van der Waals surface area contributed by atoms with E-state index in [-0.39, 0.29) is 6.54 Å². The molecule has 1 aromatic rings. The van der Waals surface area contributed by atoms with Crippen LogP contribution >= 0.6 is 0 Å². The van der Waals surface area contributed by atoms with Gasteiger partial charge in [-0.15, -0.1) is 0 Å². The molecule has 2 rings (SSSR count). The first kappa shape index (κ1) is 16.1. The third kappa shape index (κ3) is 4.10. The van der Waals surface area contributed by atoms with Gasteiger partial charge in [-0.25, -0.2) is 9.59 Å². The molecule has 1 heterocycles. The van der Waals surface area contributed by atoms with Gasteiger partial charge in [-0.3, -0.25) is 0 Å². The Morgan fingerprint density at radius 3 is 2.45 bits per heavy atom. The second kappa shape index (κ2) is 6.22. The first-order chi connectivity index (χ1) is 10.3. The molecule has 5 heteroatoms. The van der Waals surface area contributed by atoms with Gasteiger partial charge in [-0.05, 0) is 38.5 Å². The van der Waals surface area contributed by atoms with Crippen molar-refractivity contribution in [2.24, 2.45) is 0 Å². The second-order valence-electron chi connectivity index (χ2n) is 6.28. The van der Waals surface area contributed by atoms with Crippen LogP contribution in [-0.2, 0) is 9.47 Å². The standard InChI is InChI=1S/C17H21NO4/c1-12-10-18(16(20)22-17(2,3)4)11-14(12)21-15(19)13-8-6-5-7-9-13/h5-9,14H,1,10-11H2,2-4H3. The molecule has 0 saturated carbocycles. The largest absolute Gasteiger partial charge is 0.452 e. The lowest BCUT2D eigenvalue weighted by atomic mass is 10.2. The van der Waals surface area contributed by atoms with E-state index in [4.69, 9.17) is 9.47 Å². The average Bonchev–Trinajstić information content (AvgIpc) is 2.79. The molecule has 22 heavy (non-hydrogen) atoms. The van der Waals surface area contributed by atoms with E-state index in [0.29, 0.717) is 17.7 Å². The molecular formula is C17H21NO4. The van der Waals surface area contributed by atoms with Crippen molar-refractivity contribution >= 4 is 12.1 Å². The Hall–Kier alpha value is -2.30. The topological polar surface area (TPSA) is 55.8 Å². The summed E-state index contributed by atoms with van der Waals surface area (Å²) in [6.07, 6.45) is -0.924. The number of hydrogen-bond acceptors (Lipinski definition) is 4. The van der Waals surface area contributed by atoms with Crippen LogP contribution in [0.25, 0.3) is 0 Å². The first-order valence-electron chi connectivity index (χ1n) is 7.18. The van der Waals surface area contributed by atoms with E-state index in [9.17, 15) is 9.59 Å². The highest BCUT2D eigenvalue weighted by Gasteiger charge is 2.34. The number of amides is 1. The number of nitrogens with zero attached hydrogens (tertiary/aromatic N) is 1. The van der Waals surface area contributed by atoms with Crippen LogP contribution in [0.1, 0.15) is 31.1 Å². The van der Waals surface area contributed by atoms with Crippen molar-refractivity contribution < 1.29 is 19.1 Å². The lowest BCUT2D eigenvalue weighted by Gasteiger charge is -2.24. The average molecular weight is 303 g/mol. The van der Waals surface area contributed by atoms with Gasteiger partial charge in [0.1, 0.15) is 11.7 Å². The Kier molecular flexibility index (Phi) is 4.54. The molecule has 1 atom stereocenters. The molecule has 0 N–H and O–H groups in total.